The predicted octanol–water partition coefficient (Wildman–Crippen LogP) is 6.30. The van der Waals surface area contributed by atoms with E-state index in [0.717, 1.165) is 23.3 Å². The van der Waals surface area contributed by atoms with Gasteiger partial charge >= 0.3 is 5.97 Å². The highest BCUT2D eigenvalue weighted by molar-refractivity contribution is 6.30. The van der Waals surface area contributed by atoms with Crippen molar-refractivity contribution in [2.75, 3.05) is 6.54 Å². The zero-order valence-electron chi connectivity index (χ0n) is 21.2. The molecule has 5 nitrogen and oxygen atoms in total. The fraction of sp³-hybridized carbons (Fsp3) is 0.333. The SMILES string of the molecule is CC(C)(C)c1ccc(C[C@@]2(C)Cc3cc(C(=O)N(CC(=O)O)Cc4cccc(Cl)c4)ccc3O2)cc1. The van der Waals surface area contributed by atoms with Crippen molar-refractivity contribution in [3.8, 4) is 5.75 Å². The van der Waals surface area contributed by atoms with Crippen LogP contribution in [0.5, 0.6) is 5.75 Å². The number of aliphatic carboxylic acids is 1. The Kier molecular flexibility index (Phi) is 7.14. The lowest BCUT2D eigenvalue weighted by Gasteiger charge is -2.25. The Morgan fingerprint density at radius 2 is 1.75 bits per heavy atom. The molecule has 0 fully saturated rings. The molecule has 36 heavy (non-hydrogen) atoms. The number of carboxylic acid groups (broad SMARTS) is 1. The molecule has 1 aliphatic rings. The lowest BCUT2D eigenvalue weighted by atomic mass is 9.85. The molecule has 0 radical (unpaired) electrons. The zero-order valence-corrected chi connectivity index (χ0v) is 21.9. The van der Waals surface area contributed by atoms with Crippen molar-refractivity contribution in [1.29, 1.82) is 0 Å². The van der Waals surface area contributed by atoms with E-state index >= 15 is 0 Å². The van der Waals surface area contributed by atoms with Crippen LogP contribution < -0.4 is 4.74 Å². The van der Waals surface area contributed by atoms with Crippen LogP contribution in [-0.4, -0.2) is 34.0 Å². The van der Waals surface area contributed by atoms with Gasteiger partial charge in [0.1, 0.15) is 17.9 Å². The van der Waals surface area contributed by atoms with E-state index in [1.165, 1.54) is 16.0 Å². The van der Waals surface area contributed by atoms with Gasteiger partial charge < -0.3 is 14.7 Å². The summed E-state index contributed by atoms with van der Waals surface area (Å²) in [5, 5.41) is 9.94. The quantitative estimate of drug-likeness (QED) is 0.409. The Bertz CT molecular complexity index is 1280. The summed E-state index contributed by atoms with van der Waals surface area (Å²) in [6.45, 7) is 8.44. The number of benzene rings is 3. The summed E-state index contributed by atoms with van der Waals surface area (Å²) in [6, 6.07) is 21.1. The Balaban J connectivity index is 1.50. The second-order valence-electron chi connectivity index (χ2n) is 10.9. The summed E-state index contributed by atoms with van der Waals surface area (Å²) in [6.07, 6.45) is 1.41. The molecule has 0 spiro atoms. The van der Waals surface area contributed by atoms with Gasteiger partial charge in [-0.3, -0.25) is 9.59 Å². The third-order valence-electron chi connectivity index (χ3n) is 6.50. The van der Waals surface area contributed by atoms with Gasteiger partial charge in [-0.25, -0.2) is 0 Å². The summed E-state index contributed by atoms with van der Waals surface area (Å²) in [7, 11) is 0. The second-order valence-corrected chi connectivity index (χ2v) is 11.3. The smallest absolute Gasteiger partial charge is 0.323 e. The van der Waals surface area contributed by atoms with Crippen molar-refractivity contribution in [3.63, 3.8) is 0 Å². The summed E-state index contributed by atoms with van der Waals surface area (Å²) in [4.78, 5) is 26.1. The first kappa shape index (κ1) is 25.8. The molecular weight excluding hydrogens is 474 g/mol. The number of halogens is 1. The van der Waals surface area contributed by atoms with E-state index in [4.69, 9.17) is 16.3 Å². The standard InChI is InChI=1S/C30H32ClNO4/c1-29(2,3)24-11-8-20(9-12-24)16-30(4)17-23-15-22(10-13-26(23)36-30)28(35)32(19-27(33)34)18-21-6-5-7-25(31)14-21/h5-15H,16-19H2,1-4H3,(H,33,34)/t30-/m0/s1. The normalized spacial score (nSPS) is 16.8. The summed E-state index contributed by atoms with van der Waals surface area (Å²) in [5.41, 5.74) is 4.34. The van der Waals surface area contributed by atoms with Crippen LogP contribution in [0.1, 0.15) is 60.3 Å². The number of carbonyl (C=O) groups is 2. The van der Waals surface area contributed by atoms with E-state index < -0.39 is 18.1 Å². The number of rotatable bonds is 7. The van der Waals surface area contributed by atoms with Crippen molar-refractivity contribution in [2.24, 2.45) is 0 Å². The van der Waals surface area contributed by atoms with E-state index in [0.29, 0.717) is 17.0 Å². The first-order valence-electron chi connectivity index (χ1n) is 12.1. The van der Waals surface area contributed by atoms with E-state index in [9.17, 15) is 14.7 Å². The molecule has 4 rings (SSSR count). The van der Waals surface area contributed by atoms with Crippen LogP contribution in [0.2, 0.25) is 5.02 Å². The monoisotopic (exact) mass is 505 g/mol. The van der Waals surface area contributed by atoms with Gasteiger partial charge in [0.05, 0.1) is 0 Å². The molecule has 1 N–H and O–H groups in total. The van der Waals surface area contributed by atoms with Crippen molar-refractivity contribution in [2.45, 2.75) is 58.1 Å². The number of ether oxygens (including phenoxy) is 1. The largest absolute Gasteiger partial charge is 0.487 e. The Hall–Kier alpha value is -3.31. The lowest BCUT2D eigenvalue weighted by Crippen LogP contribution is -2.35. The van der Waals surface area contributed by atoms with Gasteiger partial charge in [-0.1, -0.05) is 68.8 Å². The van der Waals surface area contributed by atoms with Crippen LogP contribution in [0.25, 0.3) is 0 Å². The minimum atomic E-state index is -1.07. The molecule has 1 heterocycles. The number of hydrogen-bond donors (Lipinski definition) is 1. The molecule has 1 aliphatic heterocycles. The molecule has 6 heteroatoms. The molecule has 3 aromatic carbocycles. The van der Waals surface area contributed by atoms with Gasteiger partial charge in [-0.15, -0.1) is 0 Å². The van der Waals surface area contributed by atoms with E-state index in [2.05, 4.69) is 52.0 Å². The third kappa shape index (κ3) is 6.08. The van der Waals surface area contributed by atoms with Crippen molar-refractivity contribution in [3.05, 3.63) is 99.6 Å². The topological polar surface area (TPSA) is 66.8 Å². The highest BCUT2D eigenvalue weighted by Crippen LogP contribution is 2.38. The molecule has 0 saturated carbocycles. The summed E-state index contributed by atoms with van der Waals surface area (Å²) < 4.78 is 6.33. The van der Waals surface area contributed by atoms with Gasteiger partial charge in [-0.2, -0.15) is 0 Å². The molecule has 1 amide bonds. The molecule has 0 aromatic heterocycles. The maximum Gasteiger partial charge on any atom is 0.323 e. The maximum absolute atomic E-state index is 13.3. The molecular formula is C30H32ClNO4. The third-order valence-corrected chi connectivity index (χ3v) is 6.74. The maximum atomic E-state index is 13.3. The first-order chi connectivity index (χ1) is 16.9. The van der Waals surface area contributed by atoms with Gasteiger partial charge in [0.25, 0.3) is 5.91 Å². The highest BCUT2D eigenvalue weighted by atomic mass is 35.5. The average Bonchev–Trinajstić information content (AvgIpc) is 3.12. The van der Waals surface area contributed by atoms with E-state index in [1.54, 1.807) is 24.3 Å². The second kappa shape index (κ2) is 9.98. The van der Waals surface area contributed by atoms with Crippen LogP contribution in [-0.2, 0) is 29.6 Å². The number of nitrogens with zero attached hydrogens (tertiary/aromatic N) is 1. The minimum absolute atomic E-state index is 0.104. The fourth-order valence-corrected chi connectivity index (χ4v) is 4.92. The molecule has 0 saturated heterocycles. The van der Waals surface area contributed by atoms with Gasteiger partial charge in [0.2, 0.25) is 0 Å². The van der Waals surface area contributed by atoms with Gasteiger partial charge in [0, 0.05) is 30.0 Å². The average molecular weight is 506 g/mol. The fourth-order valence-electron chi connectivity index (χ4n) is 4.71. The number of carboxylic acids is 1. The van der Waals surface area contributed by atoms with Crippen LogP contribution in [0.4, 0.5) is 0 Å². The minimum Gasteiger partial charge on any atom is -0.487 e. The number of hydrogen-bond acceptors (Lipinski definition) is 3. The van der Waals surface area contributed by atoms with Crippen LogP contribution in [0, 0.1) is 0 Å². The van der Waals surface area contributed by atoms with Gasteiger partial charge in [-0.05, 0) is 64.9 Å². The van der Waals surface area contributed by atoms with Crippen LogP contribution in [0.15, 0.2) is 66.7 Å². The Morgan fingerprint density at radius 3 is 2.39 bits per heavy atom. The van der Waals surface area contributed by atoms with Crippen molar-refractivity contribution < 1.29 is 19.4 Å². The number of amides is 1. The Labute approximate surface area is 217 Å². The van der Waals surface area contributed by atoms with Crippen LogP contribution >= 0.6 is 11.6 Å². The summed E-state index contributed by atoms with van der Waals surface area (Å²) >= 11 is 6.07. The number of fused-ring (bicyclic) bond motifs is 1. The van der Waals surface area contributed by atoms with Crippen molar-refractivity contribution >= 4 is 23.5 Å². The van der Waals surface area contributed by atoms with Crippen molar-refractivity contribution in [1.82, 2.24) is 4.90 Å². The molecule has 0 aliphatic carbocycles. The van der Waals surface area contributed by atoms with E-state index in [1.807, 2.05) is 18.2 Å². The molecule has 188 valence electrons. The summed E-state index contributed by atoms with van der Waals surface area (Å²) in [5.74, 6) is -0.647. The number of carbonyl (C=O) groups excluding carboxylic acids is 1. The lowest BCUT2D eigenvalue weighted by molar-refractivity contribution is -0.137. The highest BCUT2D eigenvalue weighted by Gasteiger charge is 2.35. The molecule has 0 unspecified atom stereocenters. The van der Waals surface area contributed by atoms with Gasteiger partial charge in [0.15, 0.2) is 0 Å². The van der Waals surface area contributed by atoms with Crippen LogP contribution in [0.3, 0.4) is 0 Å². The van der Waals surface area contributed by atoms with E-state index in [-0.39, 0.29) is 17.9 Å². The first-order valence-corrected chi connectivity index (χ1v) is 12.5. The molecule has 1 atom stereocenters. The molecule has 3 aromatic rings. The molecule has 0 bridgehead atoms. The Morgan fingerprint density at radius 1 is 1.03 bits per heavy atom. The predicted molar refractivity (Wildman–Crippen MR) is 142 cm³/mol. The zero-order chi connectivity index (χ0) is 26.1.